The van der Waals surface area contributed by atoms with Gasteiger partial charge in [0.15, 0.2) is 0 Å². The van der Waals surface area contributed by atoms with Gasteiger partial charge in [-0.2, -0.15) is 0 Å². The fourth-order valence-electron chi connectivity index (χ4n) is 2.61. The second-order valence-corrected chi connectivity index (χ2v) is 5.38. The van der Waals surface area contributed by atoms with Crippen LogP contribution in [-0.4, -0.2) is 37.5 Å². The minimum Gasteiger partial charge on any atom is -0.343 e. The molecule has 0 spiro atoms. The first-order chi connectivity index (χ1) is 8.16. The molecule has 0 aromatic rings. The van der Waals surface area contributed by atoms with Crippen LogP contribution in [0, 0.1) is 5.92 Å². The van der Waals surface area contributed by atoms with Crippen LogP contribution in [0.2, 0.25) is 0 Å². The Morgan fingerprint density at radius 1 is 1.35 bits per heavy atom. The highest BCUT2D eigenvalue weighted by molar-refractivity contribution is 5.79. The number of hydrogen-bond acceptors (Lipinski definition) is 2. The van der Waals surface area contributed by atoms with E-state index in [1.54, 1.807) is 0 Å². The highest BCUT2D eigenvalue weighted by atomic mass is 16.2. The molecule has 1 N–H and O–H groups in total. The number of unbranched alkanes of at least 4 members (excludes halogenated alkanes) is 1. The van der Waals surface area contributed by atoms with Crippen molar-refractivity contribution in [2.45, 2.75) is 57.9 Å². The summed E-state index contributed by atoms with van der Waals surface area (Å²) in [5.74, 6) is 0.698. The maximum absolute atomic E-state index is 12.2. The highest BCUT2D eigenvalue weighted by Gasteiger charge is 2.27. The largest absolute Gasteiger partial charge is 0.343 e. The first-order valence-corrected chi connectivity index (χ1v) is 7.08. The lowest BCUT2D eigenvalue weighted by molar-refractivity contribution is -0.135. The molecule has 1 saturated carbocycles. The van der Waals surface area contributed by atoms with E-state index in [1.165, 1.54) is 25.7 Å². The average Bonchev–Trinajstić information content (AvgIpc) is 2.86. The number of carbonyl (C=O) groups excluding carboxylic acids is 1. The Morgan fingerprint density at radius 3 is 2.59 bits per heavy atom. The molecule has 1 aliphatic rings. The summed E-state index contributed by atoms with van der Waals surface area (Å²) in [5, 5.41) is 3.16. The Hall–Kier alpha value is -0.570. The van der Waals surface area contributed by atoms with Crippen molar-refractivity contribution in [3.63, 3.8) is 0 Å². The van der Waals surface area contributed by atoms with Crippen LogP contribution in [0.5, 0.6) is 0 Å². The van der Waals surface area contributed by atoms with Crippen LogP contribution < -0.4 is 5.32 Å². The van der Waals surface area contributed by atoms with E-state index in [-0.39, 0.29) is 0 Å². The first-order valence-electron chi connectivity index (χ1n) is 7.08. The van der Waals surface area contributed by atoms with Crippen molar-refractivity contribution in [1.29, 1.82) is 0 Å². The number of rotatable bonds is 7. The molecular weight excluding hydrogens is 212 g/mol. The minimum atomic E-state index is 0.319. The Labute approximate surface area is 106 Å². The molecule has 0 aliphatic heterocycles. The molecule has 1 fully saturated rings. The molecule has 0 aromatic carbocycles. The predicted molar refractivity (Wildman–Crippen MR) is 72.0 cm³/mol. The van der Waals surface area contributed by atoms with Gasteiger partial charge in [-0.25, -0.2) is 0 Å². The van der Waals surface area contributed by atoms with Gasteiger partial charge in [0.2, 0.25) is 5.91 Å². The third-order valence-electron chi connectivity index (χ3n) is 4.01. The van der Waals surface area contributed by atoms with Gasteiger partial charge in [-0.15, -0.1) is 0 Å². The standard InChI is InChI=1S/C14H28N2O/c1-12(8-6-7-11-15-2)16(3)14(17)13-9-4-5-10-13/h12-13,15H,4-11H2,1-3H3. The number of amides is 1. The van der Waals surface area contributed by atoms with Crippen molar-refractivity contribution in [2.24, 2.45) is 5.92 Å². The summed E-state index contributed by atoms with van der Waals surface area (Å²) < 4.78 is 0. The maximum Gasteiger partial charge on any atom is 0.225 e. The van der Waals surface area contributed by atoms with E-state index < -0.39 is 0 Å². The fraction of sp³-hybridized carbons (Fsp3) is 0.929. The number of nitrogens with one attached hydrogen (secondary N) is 1. The molecule has 1 unspecified atom stereocenters. The van der Waals surface area contributed by atoms with Crippen molar-refractivity contribution in [3.05, 3.63) is 0 Å². The van der Waals surface area contributed by atoms with Gasteiger partial charge in [-0.1, -0.05) is 19.3 Å². The molecule has 0 aromatic heterocycles. The van der Waals surface area contributed by atoms with E-state index in [2.05, 4.69) is 12.2 Å². The molecule has 17 heavy (non-hydrogen) atoms. The normalized spacial score (nSPS) is 18.3. The van der Waals surface area contributed by atoms with Crippen LogP contribution in [-0.2, 0) is 4.79 Å². The number of nitrogens with zero attached hydrogens (tertiary/aromatic N) is 1. The van der Waals surface area contributed by atoms with Crippen molar-refractivity contribution >= 4 is 5.91 Å². The molecule has 1 amide bonds. The molecule has 1 atom stereocenters. The lowest BCUT2D eigenvalue weighted by atomic mass is 10.0. The monoisotopic (exact) mass is 240 g/mol. The second-order valence-electron chi connectivity index (χ2n) is 5.38. The molecule has 0 radical (unpaired) electrons. The van der Waals surface area contributed by atoms with E-state index in [1.807, 2.05) is 19.0 Å². The van der Waals surface area contributed by atoms with Gasteiger partial charge in [0.1, 0.15) is 0 Å². The van der Waals surface area contributed by atoms with E-state index in [9.17, 15) is 4.79 Å². The highest BCUT2D eigenvalue weighted by Crippen LogP contribution is 2.27. The zero-order valence-electron chi connectivity index (χ0n) is 11.7. The van der Waals surface area contributed by atoms with Gasteiger partial charge in [0.05, 0.1) is 0 Å². The number of carbonyl (C=O) groups is 1. The molecule has 0 saturated heterocycles. The molecule has 0 heterocycles. The topological polar surface area (TPSA) is 32.3 Å². The summed E-state index contributed by atoms with van der Waals surface area (Å²) in [6.07, 6.45) is 8.21. The van der Waals surface area contributed by atoms with Crippen LogP contribution in [0.1, 0.15) is 51.9 Å². The van der Waals surface area contributed by atoms with Crippen LogP contribution >= 0.6 is 0 Å². The van der Waals surface area contributed by atoms with Gasteiger partial charge >= 0.3 is 0 Å². The van der Waals surface area contributed by atoms with E-state index in [4.69, 9.17) is 0 Å². The number of hydrogen-bond donors (Lipinski definition) is 1. The Balaban J connectivity index is 2.24. The van der Waals surface area contributed by atoms with E-state index in [0.717, 1.165) is 25.8 Å². The van der Waals surface area contributed by atoms with E-state index >= 15 is 0 Å². The molecule has 3 nitrogen and oxygen atoms in total. The van der Waals surface area contributed by atoms with Gasteiger partial charge in [-0.05, 0) is 46.2 Å². The summed E-state index contributed by atoms with van der Waals surface area (Å²) in [6, 6.07) is 0.389. The zero-order chi connectivity index (χ0) is 12.7. The van der Waals surface area contributed by atoms with Crippen molar-refractivity contribution in [3.8, 4) is 0 Å². The van der Waals surface area contributed by atoms with Crippen LogP contribution in [0.15, 0.2) is 0 Å². The lowest BCUT2D eigenvalue weighted by Gasteiger charge is -2.27. The van der Waals surface area contributed by atoms with Crippen LogP contribution in [0.4, 0.5) is 0 Å². The molecule has 3 heteroatoms. The Kier molecular flexibility index (Phi) is 6.56. The summed E-state index contributed by atoms with van der Waals surface area (Å²) in [4.78, 5) is 14.2. The zero-order valence-corrected chi connectivity index (χ0v) is 11.7. The smallest absolute Gasteiger partial charge is 0.225 e. The predicted octanol–water partition coefficient (Wildman–Crippen LogP) is 2.41. The quantitative estimate of drug-likeness (QED) is 0.693. The van der Waals surface area contributed by atoms with Gasteiger partial charge in [-0.3, -0.25) is 4.79 Å². The lowest BCUT2D eigenvalue weighted by Crippen LogP contribution is -2.38. The summed E-state index contributed by atoms with van der Waals surface area (Å²) in [7, 11) is 3.96. The second kappa shape index (κ2) is 7.70. The third-order valence-corrected chi connectivity index (χ3v) is 4.01. The molecule has 100 valence electrons. The summed E-state index contributed by atoms with van der Waals surface area (Å²) in [6.45, 7) is 3.25. The van der Waals surface area contributed by atoms with Crippen molar-refractivity contribution in [2.75, 3.05) is 20.6 Å². The first kappa shape index (κ1) is 14.5. The Morgan fingerprint density at radius 2 is 2.00 bits per heavy atom. The maximum atomic E-state index is 12.2. The molecule has 1 aliphatic carbocycles. The summed E-state index contributed by atoms with van der Waals surface area (Å²) in [5.41, 5.74) is 0. The molecular formula is C14H28N2O. The minimum absolute atomic E-state index is 0.319. The van der Waals surface area contributed by atoms with Gasteiger partial charge in [0.25, 0.3) is 0 Å². The fourth-order valence-corrected chi connectivity index (χ4v) is 2.61. The average molecular weight is 240 g/mol. The summed E-state index contributed by atoms with van der Waals surface area (Å²) >= 11 is 0. The van der Waals surface area contributed by atoms with Crippen molar-refractivity contribution in [1.82, 2.24) is 10.2 Å². The Bertz CT molecular complexity index is 224. The molecule has 0 bridgehead atoms. The SMILES string of the molecule is CNCCCCC(C)N(C)C(=O)C1CCCC1. The van der Waals surface area contributed by atoms with Crippen LogP contribution in [0.25, 0.3) is 0 Å². The van der Waals surface area contributed by atoms with Crippen molar-refractivity contribution < 1.29 is 4.79 Å². The van der Waals surface area contributed by atoms with Gasteiger partial charge in [0, 0.05) is 19.0 Å². The van der Waals surface area contributed by atoms with Crippen LogP contribution in [0.3, 0.4) is 0 Å². The van der Waals surface area contributed by atoms with E-state index in [0.29, 0.717) is 17.9 Å². The van der Waals surface area contributed by atoms with Gasteiger partial charge < -0.3 is 10.2 Å². The third kappa shape index (κ3) is 4.66. The molecule has 1 rings (SSSR count).